The first-order chi connectivity index (χ1) is 20.5. The monoisotopic (exact) mass is 614 g/mol. The molecule has 2 atom stereocenters. The Morgan fingerprint density at radius 1 is 1.02 bits per heavy atom. The average Bonchev–Trinajstić information content (AvgIpc) is 3.33. The number of esters is 1. The van der Waals surface area contributed by atoms with Crippen LogP contribution in [0, 0.1) is 12.3 Å². The van der Waals surface area contributed by atoms with E-state index < -0.39 is 40.8 Å². The highest BCUT2D eigenvalue weighted by atomic mass is 19.3. The molecule has 0 N–H and O–H groups in total. The molecule has 2 heterocycles. The van der Waals surface area contributed by atoms with E-state index in [2.05, 4.69) is 4.90 Å². The number of piperidine rings is 1. The number of aromatic nitrogens is 1. The molecule has 0 amide bonds. The van der Waals surface area contributed by atoms with Crippen LogP contribution >= 0.6 is 0 Å². The lowest BCUT2D eigenvalue weighted by Crippen LogP contribution is -2.53. The summed E-state index contributed by atoms with van der Waals surface area (Å²) in [6.45, 7) is 7.95. The molecule has 44 heavy (non-hydrogen) atoms. The maximum Gasteiger partial charge on any atom is 0.418 e. The zero-order valence-electron chi connectivity index (χ0n) is 25.7. The van der Waals surface area contributed by atoms with Crippen LogP contribution in [0.4, 0.5) is 22.4 Å². The van der Waals surface area contributed by atoms with Crippen molar-refractivity contribution in [3.05, 3.63) is 70.4 Å². The van der Waals surface area contributed by atoms with Gasteiger partial charge in [0.25, 0.3) is 5.92 Å². The Morgan fingerprint density at radius 2 is 1.68 bits per heavy atom. The third kappa shape index (κ3) is 5.61. The zero-order chi connectivity index (χ0) is 31.8. The summed E-state index contributed by atoms with van der Waals surface area (Å²) in [5.41, 5.74) is 2.58. The van der Waals surface area contributed by atoms with Gasteiger partial charge in [-0.3, -0.25) is 9.47 Å². The van der Waals surface area contributed by atoms with E-state index in [0.717, 1.165) is 5.56 Å². The molecule has 1 unspecified atom stereocenters. The Kier molecular flexibility index (Phi) is 7.18. The van der Waals surface area contributed by atoms with E-state index in [-0.39, 0.29) is 25.3 Å². The molecule has 1 aromatic heterocycles. The highest BCUT2D eigenvalue weighted by molar-refractivity contribution is 5.94. The molecule has 1 aliphatic heterocycles. The maximum absolute atomic E-state index is 14.6. The van der Waals surface area contributed by atoms with E-state index in [4.69, 9.17) is 9.47 Å². The fraction of sp³-hybridized carbons (Fsp3) is 0.529. The summed E-state index contributed by atoms with van der Waals surface area (Å²) in [6, 6.07) is 10.2. The maximum atomic E-state index is 14.6. The van der Waals surface area contributed by atoms with Crippen molar-refractivity contribution >= 4 is 23.0 Å². The number of carbonyl (C=O) groups excluding carboxylic acids is 2. The largest absolute Gasteiger partial charge is 0.465 e. The molecule has 2 aromatic carbocycles. The summed E-state index contributed by atoms with van der Waals surface area (Å²) in [5, 5.41) is 0.698. The number of ether oxygens (including phenoxy) is 2. The number of hydrogen-bond donors (Lipinski definition) is 0. The first-order valence-electron chi connectivity index (χ1n) is 15.1. The van der Waals surface area contributed by atoms with Crippen molar-refractivity contribution in [3.63, 3.8) is 0 Å². The highest BCUT2D eigenvalue weighted by Crippen LogP contribution is 2.61. The molecule has 3 aromatic rings. The summed E-state index contributed by atoms with van der Waals surface area (Å²) >= 11 is 0. The van der Waals surface area contributed by atoms with Gasteiger partial charge in [0.2, 0.25) is 5.92 Å². The molecule has 2 saturated carbocycles. The van der Waals surface area contributed by atoms with Crippen LogP contribution in [0.5, 0.6) is 0 Å². The molecule has 0 bridgehead atoms. The number of aryl methyl sites for hydroxylation is 1. The molecule has 6 nitrogen and oxygen atoms in total. The lowest BCUT2D eigenvalue weighted by molar-refractivity contribution is -0.186. The third-order valence-electron chi connectivity index (χ3n) is 9.44. The van der Waals surface area contributed by atoms with Crippen LogP contribution in [0.3, 0.4) is 0 Å². The quantitative estimate of drug-likeness (QED) is 0.213. The Morgan fingerprint density at radius 3 is 2.25 bits per heavy atom. The van der Waals surface area contributed by atoms with Gasteiger partial charge in [0.1, 0.15) is 5.60 Å². The Bertz CT molecular complexity index is 1610. The van der Waals surface area contributed by atoms with Crippen LogP contribution in [0.2, 0.25) is 0 Å². The minimum absolute atomic E-state index is 0.169. The molecule has 1 spiro atoms. The van der Waals surface area contributed by atoms with E-state index in [1.54, 1.807) is 51.2 Å². The van der Waals surface area contributed by atoms with Gasteiger partial charge in [0, 0.05) is 43.4 Å². The van der Waals surface area contributed by atoms with Crippen molar-refractivity contribution in [2.75, 3.05) is 13.7 Å². The van der Waals surface area contributed by atoms with Crippen LogP contribution in [-0.2, 0) is 16.0 Å². The van der Waals surface area contributed by atoms with E-state index >= 15 is 0 Å². The molecule has 3 aliphatic rings. The van der Waals surface area contributed by atoms with Gasteiger partial charge in [-0.25, -0.2) is 27.2 Å². The summed E-state index contributed by atoms with van der Waals surface area (Å²) < 4.78 is 69.4. The number of fused-ring (bicyclic) bond motifs is 1. The topological polar surface area (TPSA) is 60.8 Å². The van der Waals surface area contributed by atoms with Crippen LogP contribution in [-0.4, -0.2) is 52.6 Å². The number of rotatable bonds is 5. The average molecular weight is 615 g/mol. The molecule has 6 rings (SSSR count). The van der Waals surface area contributed by atoms with Gasteiger partial charge in [-0.15, -0.1) is 0 Å². The van der Waals surface area contributed by atoms with Gasteiger partial charge < -0.3 is 9.47 Å². The molecule has 10 heteroatoms. The molecule has 236 valence electrons. The standard InChI is InChI=1S/C34H38F4N2O4/c1-20-14-24(26-15-34(26,37)38)25(23-10-12-40(28(20)23)30(42)44-31(2,3)4)17-39-13-11-32(18-33(35,36)19-32)16-27(39)21-6-8-22(9-7-21)29(41)43-5/h6-10,12,14,26-27H,11,13,15-19H2,1-5H3/t26-,27?/m1/s1. The zero-order valence-corrected chi connectivity index (χ0v) is 25.7. The number of carbonyl (C=O) groups is 2. The first kappa shape index (κ1) is 30.6. The summed E-state index contributed by atoms with van der Waals surface area (Å²) in [5.74, 6) is -6.89. The molecular weight excluding hydrogens is 576 g/mol. The lowest BCUT2D eigenvalue weighted by Gasteiger charge is -2.54. The number of alkyl halides is 4. The molecular formula is C34H38F4N2O4. The Labute approximate surface area is 254 Å². The number of halogens is 4. The van der Waals surface area contributed by atoms with Gasteiger partial charge in [-0.1, -0.05) is 18.2 Å². The number of methoxy groups -OCH3 is 1. The van der Waals surface area contributed by atoms with Crippen molar-refractivity contribution in [3.8, 4) is 0 Å². The second kappa shape index (κ2) is 10.3. The fourth-order valence-electron chi connectivity index (χ4n) is 7.35. The van der Waals surface area contributed by atoms with Crippen LogP contribution < -0.4 is 0 Å². The number of likely N-dealkylation sites (tertiary alicyclic amines) is 1. The highest BCUT2D eigenvalue weighted by Gasteiger charge is 2.60. The van der Waals surface area contributed by atoms with Crippen molar-refractivity contribution in [1.29, 1.82) is 0 Å². The van der Waals surface area contributed by atoms with Gasteiger partial charge in [-0.2, -0.15) is 0 Å². The molecule has 0 radical (unpaired) electrons. The van der Waals surface area contributed by atoms with E-state index in [1.807, 2.05) is 19.1 Å². The van der Waals surface area contributed by atoms with Crippen LogP contribution in [0.15, 0.2) is 42.6 Å². The second-order valence-electron chi connectivity index (χ2n) is 14.0. The van der Waals surface area contributed by atoms with Crippen molar-refractivity contribution in [1.82, 2.24) is 9.47 Å². The summed E-state index contributed by atoms with van der Waals surface area (Å²) in [7, 11) is 1.30. The lowest BCUT2D eigenvalue weighted by atomic mass is 9.59. The Balaban J connectivity index is 1.41. The molecule has 3 fully saturated rings. The number of nitrogens with zero attached hydrogens (tertiary/aromatic N) is 2. The second-order valence-corrected chi connectivity index (χ2v) is 14.0. The smallest absolute Gasteiger partial charge is 0.418 e. The predicted octanol–water partition coefficient (Wildman–Crippen LogP) is 8.39. The van der Waals surface area contributed by atoms with Crippen molar-refractivity contribution < 1.29 is 36.6 Å². The van der Waals surface area contributed by atoms with Gasteiger partial charge in [-0.05, 0) is 92.9 Å². The van der Waals surface area contributed by atoms with Crippen LogP contribution in [0.1, 0.15) is 97.4 Å². The summed E-state index contributed by atoms with van der Waals surface area (Å²) in [4.78, 5) is 27.4. The molecule has 2 aliphatic carbocycles. The summed E-state index contributed by atoms with van der Waals surface area (Å²) in [6.07, 6.45) is 1.55. The van der Waals surface area contributed by atoms with Crippen molar-refractivity contribution in [2.24, 2.45) is 5.41 Å². The predicted molar refractivity (Wildman–Crippen MR) is 157 cm³/mol. The Hall–Kier alpha value is -3.40. The van der Waals surface area contributed by atoms with Gasteiger partial charge >= 0.3 is 12.1 Å². The van der Waals surface area contributed by atoms with Crippen LogP contribution in [0.25, 0.3) is 10.9 Å². The minimum atomic E-state index is -2.81. The first-order valence-corrected chi connectivity index (χ1v) is 15.1. The fourth-order valence-corrected chi connectivity index (χ4v) is 7.35. The van der Waals surface area contributed by atoms with E-state index in [9.17, 15) is 27.2 Å². The van der Waals surface area contributed by atoms with E-state index in [0.29, 0.717) is 59.1 Å². The van der Waals surface area contributed by atoms with Gasteiger partial charge in [0.15, 0.2) is 0 Å². The van der Waals surface area contributed by atoms with E-state index in [1.165, 1.54) is 11.7 Å². The SMILES string of the molecule is COC(=O)c1ccc(C2CC3(CCN2Cc2c([C@H]4CC4(F)F)cc(C)c4c2ccn4C(=O)OC(C)(C)C)CC(F)(F)C3)cc1. The third-order valence-corrected chi connectivity index (χ3v) is 9.44. The van der Waals surface area contributed by atoms with Gasteiger partial charge in [0.05, 0.1) is 24.1 Å². The number of benzene rings is 2. The minimum Gasteiger partial charge on any atom is -0.465 e. The molecule has 1 saturated heterocycles. The van der Waals surface area contributed by atoms with Crippen molar-refractivity contribution in [2.45, 2.75) is 95.7 Å². The number of hydrogen-bond acceptors (Lipinski definition) is 5. The normalized spacial score (nSPS) is 23.8.